The average Bonchev–Trinajstić information content (AvgIpc) is 3.21. The molecule has 8 heteroatoms. The van der Waals surface area contributed by atoms with E-state index in [1.807, 2.05) is 0 Å². The maximum Gasteiger partial charge on any atom is 0.314 e. The van der Waals surface area contributed by atoms with E-state index in [4.69, 9.17) is 0 Å². The third-order valence-corrected chi connectivity index (χ3v) is 4.50. The Hall–Kier alpha value is -2.19. The molecule has 0 spiro atoms. The van der Waals surface area contributed by atoms with Gasteiger partial charge in [-0.3, -0.25) is 5.10 Å². The number of benzene rings is 1. The summed E-state index contributed by atoms with van der Waals surface area (Å²) in [5.41, 5.74) is -2.70. The monoisotopic (exact) mass is 339 g/mol. The fourth-order valence-corrected chi connectivity index (χ4v) is 3.12. The Labute approximate surface area is 133 Å². The number of aromatic nitrogens is 3. The molecule has 2 N–H and O–H groups in total. The lowest BCUT2D eigenvalue weighted by Crippen LogP contribution is -2.45. The third kappa shape index (κ3) is 2.75. The van der Waals surface area contributed by atoms with Gasteiger partial charge >= 0.3 is 5.92 Å². The normalized spacial score (nSPS) is 14.6. The zero-order chi connectivity index (χ0) is 16.5. The number of rotatable bonds is 5. The Bertz CT molecular complexity index is 760. The van der Waals surface area contributed by atoms with Crippen LogP contribution in [0, 0.1) is 5.82 Å². The first kappa shape index (κ1) is 15.7. The van der Waals surface area contributed by atoms with Crippen LogP contribution in [0.4, 0.5) is 13.2 Å². The van der Waals surface area contributed by atoms with Crippen molar-refractivity contribution in [2.24, 2.45) is 0 Å². The molecule has 0 saturated heterocycles. The van der Waals surface area contributed by atoms with Gasteiger partial charge in [0, 0.05) is 6.42 Å². The number of nitrogens with zero attached hydrogens (tertiary/aromatic N) is 2. The summed E-state index contributed by atoms with van der Waals surface area (Å²) >= 11 is 0.837. The van der Waals surface area contributed by atoms with Crippen LogP contribution in [0.5, 0.6) is 0 Å². The fourth-order valence-electron chi connectivity index (χ4n) is 2.34. The predicted molar refractivity (Wildman–Crippen MR) is 78.6 cm³/mol. The molecule has 0 bridgehead atoms. The van der Waals surface area contributed by atoms with E-state index in [0.717, 1.165) is 35.6 Å². The first-order chi connectivity index (χ1) is 10.9. The molecular weight excluding hydrogens is 327 g/mol. The number of aromatic amines is 1. The van der Waals surface area contributed by atoms with E-state index < -0.39 is 23.8 Å². The summed E-state index contributed by atoms with van der Waals surface area (Å²) < 4.78 is 43.2. The lowest BCUT2D eigenvalue weighted by atomic mass is 9.83. The fraction of sp³-hybridized carbons (Fsp3) is 0.200. The number of H-pyrrole nitrogens is 1. The topological polar surface area (TPSA) is 61.8 Å². The SMILES string of the molecule is OC(Cc1ncn[nH]1)(c1ccc(F)cc1)C(F)(F)c1cccs1. The highest BCUT2D eigenvalue weighted by Gasteiger charge is 2.56. The van der Waals surface area contributed by atoms with Crippen LogP contribution in [0.2, 0.25) is 0 Å². The zero-order valence-electron chi connectivity index (χ0n) is 11.7. The van der Waals surface area contributed by atoms with Gasteiger partial charge in [0.15, 0.2) is 5.60 Å². The summed E-state index contributed by atoms with van der Waals surface area (Å²) in [7, 11) is 0. The molecule has 2 heterocycles. The molecule has 3 rings (SSSR count). The molecule has 3 aromatic rings. The molecule has 0 fully saturated rings. The quantitative estimate of drug-likeness (QED) is 0.750. The van der Waals surface area contributed by atoms with Crippen LogP contribution >= 0.6 is 11.3 Å². The van der Waals surface area contributed by atoms with Crippen molar-refractivity contribution >= 4 is 11.3 Å². The molecule has 0 amide bonds. The van der Waals surface area contributed by atoms with E-state index >= 15 is 8.78 Å². The first-order valence-corrected chi connectivity index (χ1v) is 7.56. The smallest absolute Gasteiger partial charge is 0.314 e. The second kappa shape index (κ2) is 5.78. The van der Waals surface area contributed by atoms with Crippen molar-refractivity contribution in [1.29, 1.82) is 0 Å². The van der Waals surface area contributed by atoms with Crippen molar-refractivity contribution in [2.45, 2.75) is 17.9 Å². The highest BCUT2D eigenvalue weighted by atomic mass is 32.1. The predicted octanol–water partition coefficient (Wildman–Crippen LogP) is 3.23. The van der Waals surface area contributed by atoms with Gasteiger partial charge in [-0.15, -0.1) is 11.3 Å². The van der Waals surface area contributed by atoms with Crippen LogP contribution in [0.1, 0.15) is 16.3 Å². The molecule has 0 aliphatic heterocycles. The maximum absolute atomic E-state index is 15.0. The molecule has 1 unspecified atom stereocenters. The summed E-state index contributed by atoms with van der Waals surface area (Å²) in [6.45, 7) is 0. The number of nitrogens with one attached hydrogen (secondary N) is 1. The molecule has 0 radical (unpaired) electrons. The number of thiophene rings is 1. The summed E-state index contributed by atoms with van der Waals surface area (Å²) in [6.07, 6.45) is 0.674. The minimum Gasteiger partial charge on any atom is -0.378 e. The molecule has 120 valence electrons. The minimum atomic E-state index is -3.59. The van der Waals surface area contributed by atoms with Crippen molar-refractivity contribution in [3.8, 4) is 0 Å². The van der Waals surface area contributed by atoms with Gasteiger partial charge in [-0.1, -0.05) is 18.2 Å². The Balaban J connectivity index is 2.11. The van der Waals surface area contributed by atoms with Crippen molar-refractivity contribution in [3.05, 3.63) is 70.2 Å². The largest absolute Gasteiger partial charge is 0.378 e. The van der Waals surface area contributed by atoms with Gasteiger partial charge in [0.05, 0.1) is 4.88 Å². The number of alkyl halides is 2. The second-order valence-electron chi connectivity index (χ2n) is 5.03. The Morgan fingerprint density at radius 3 is 2.48 bits per heavy atom. The summed E-state index contributed by atoms with van der Waals surface area (Å²) in [5.74, 6) is -4.06. The van der Waals surface area contributed by atoms with E-state index in [0.29, 0.717) is 0 Å². The first-order valence-electron chi connectivity index (χ1n) is 6.68. The molecular formula is C15H12F3N3OS. The lowest BCUT2D eigenvalue weighted by molar-refractivity contribution is -0.193. The van der Waals surface area contributed by atoms with Crippen LogP contribution in [0.3, 0.4) is 0 Å². The minimum absolute atomic E-state index is 0.103. The number of halogens is 3. The molecule has 0 aliphatic carbocycles. The van der Waals surface area contributed by atoms with Gasteiger partial charge in [-0.2, -0.15) is 13.9 Å². The molecule has 2 aromatic heterocycles. The Morgan fingerprint density at radius 2 is 1.91 bits per heavy atom. The van der Waals surface area contributed by atoms with Crippen molar-refractivity contribution in [1.82, 2.24) is 15.2 Å². The molecule has 1 aromatic carbocycles. The van der Waals surface area contributed by atoms with Gasteiger partial charge in [0.25, 0.3) is 0 Å². The molecule has 1 atom stereocenters. The summed E-state index contributed by atoms with van der Waals surface area (Å²) in [4.78, 5) is 3.52. The summed E-state index contributed by atoms with van der Waals surface area (Å²) in [6, 6.07) is 7.09. The van der Waals surface area contributed by atoms with E-state index in [-0.39, 0.29) is 16.3 Å². The average molecular weight is 339 g/mol. The van der Waals surface area contributed by atoms with Gasteiger partial charge in [0.2, 0.25) is 0 Å². The van der Waals surface area contributed by atoms with Crippen molar-refractivity contribution in [3.63, 3.8) is 0 Å². The van der Waals surface area contributed by atoms with E-state index in [1.54, 1.807) is 0 Å². The number of aliphatic hydroxyl groups is 1. The summed E-state index contributed by atoms with van der Waals surface area (Å²) in [5, 5.41) is 18.5. The zero-order valence-corrected chi connectivity index (χ0v) is 12.5. The molecule has 23 heavy (non-hydrogen) atoms. The van der Waals surface area contributed by atoms with Crippen LogP contribution in [0.25, 0.3) is 0 Å². The van der Waals surface area contributed by atoms with Crippen LogP contribution in [0.15, 0.2) is 48.1 Å². The molecule has 4 nitrogen and oxygen atoms in total. The second-order valence-corrected chi connectivity index (χ2v) is 5.98. The van der Waals surface area contributed by atoms with Crippen LogP contribution in [-0.4, -0.2) is 20.3 Å². The van der Waals surface area contributed by atoms with Crippen LogP contribution in [-0.2, 0) is 17.9 Å². The van der Waals surface area contributed by atoms with Gasteiger partial charge in [-0.05, 0) is 29.1 Å². The maximum atomic E-state index is 15.0. The van der Waals surface area contributed by atoms with Gasteiger partial charge in [-0.25, -0.2) is 9.37 Å². The van der Waals surface area contributed by atoms with Gasteiger partial charge in [0.1, 0.15) is 18.0 Å². The van der Waals surface area contributed by atoms with E-state index in [2.05, 4.69) is 15.2 Å². The van der Waals surface area contributed by atoms with Gasteiger partial charge < -0.3 is 5.11 Å². The molecule has 0 saturated carbocycles. The highest BCUT2D eigenvalue weighted by molar-refractivity contribution is 7.10. The third-order valence-electron chi connectivity index (χ3n) is 3.56. The highest BCUT2D eigenvalue weighted by Crippen LogP contribution is 2.48. The number of hydrogen-bond acceptors (Lipinski definition) is 4. The van der Waals surface area contributed by atoms with Crippen molar-refractivity contribution < 1.29 is 18.3 Å². The van der Waals surface area contributed by atoms with Crippen LogP contribution < -0.4 is 0 Å². The van der Waals surface area contributed by atoms with Crippen molar-refractivity contribution in [2.75, 3.05) is 0 Å². The Morgan fingerprint density at radius 1 is 1.17 bits per heavy atom. The Kier molecular flexibility index (Phi) is 3.95. The number of hydrogen-bond donors (Lipinski definition) is 2. The lowest BCUT2D eigenvalue weighted by Gasteiger charge is -2.35. The van der Waals surface area contributed by atoms with E-state index in [9.17, 15) is 9.50 Å². The molecule has 0 aliphatic rings. The standard InChI is InChI=1S/C15H12F3N3OS/c16-11-5-3-10(4-6-11)14(22,8-13-19-9-20-21-13)15(17,18)12-2-1-7-23-12/h1-7,9,22H,8H2,(H,19,20,21). The van der Waals surface area contributed by atoms with E-state index in [1.165, 1.54) is 23.8 Å².